The maximum Gasteiger partial charge on any atom is 0.209 e. The van der Waals surface area contributed by atoms with Crippen LogP contribution in [0.25, 0.3) is 0 Å². The number of piperazine rings is 1. The minimum absolute atomic E-state index is 0.838. The van der Waals surface area contributed by atoms with E-state index in [0.29, 0.717) is 0 Å². The molecular weight excluding hydrogens is 394 g/mol. The molecule has 1 aliphatic rings. The van der Waals surface area contributed by atoms with Crippen LogP contribution >= 0.6 is 34.9 Å². The van der Waals surface area contributed by atoms with Crippen LogP contribution in [0.1, 0.15) is 11.1 Å². The van der Waals surface area contributed by atoms with Crippen molar-refractivity contribution in [2.45, 2.75) is 20.1 Å². The SMILES string of the molecule is Cc1ccc(Nc2nn(C[NH+]3CC[NH+](Cc4ccsc4)CC3)c(=S)s2)cc1. The molecule has 2 aromatic heterocycles. The van der Waals surface area contributed by atoms with Crippen molar-refractivity contribution in [3.63, 3.8) is 0 Å². The van der Waals surface area contributed by atoms with Gasteiger partial charge in [-0.05, 0) is 48.1 Å². The number of nitrogens with zero attached hydrogens (tertiary/aromatic N) is 2. The highest BCUT2D eigenvalue weighted by atomic mass is 32.1. The van der Waals surface area contributed by atoms with E-state index in [1.165, 1.54) is 37.3 Å². The Morgan fingerprint density at radius 1 is 1.11 bits per heavy atom. The second-order valence-electron chi connectivity index (χ2n) is 7.13. The van der Waals surface area contributed by atoms with Gasteiger partial charge in [0.15, 0.2) is 10.6 Å². The molecule has 0 unspecified atom stereocenters. The zero-order valence-corrected chi connectivity index (χ0v) is 17.9. The molecule has 0 aliphatic carbocycles. The zero-order valence-electron chi connectivity index (χ0n) is 15.4. The molecule has 142 valence electrons. The van der Waals surface area contributed by atoms with E-state index in [1.54, 1.807) is 32.5 Å². The van der Waals surface area contributed by atoms with E-state index in [2.05, 4.69) is 53.3 Å². The molecule has 1 aliphatic heterocycles. The van der Waals surface area contributed by atoms with Gasteiger partial charge in [-0.25, -0.2) is 0 Å². The highest BCUT2D eigenvalue weighted by Crippen LogP contribution is 2.20. The van der Waals surface area contributed by atoms with Crippen LogP contribution in [0.15, 0.2) is 41.1 Å². The zero-order chi connectivity index (χ0) is 18.6. The summed E-state index contributed by atoms with van der Waals surface area (Å²) in [5.74, 6) is 0. The number of thiophene rings is 1. The fourth-order valence-corrected chi connectivity index (χ4v) is 5.10. The lowest BCUT2D eigenvalue weighted by molar-refractivity contribution is -1.03. The van der Waals surface area contributed by atoms with E-state index in [9.17, 15) is 0 Å². The normalized spacial score (nSPS) is 19.9. The van der Waals surface area contributed by atoms with Crippen molar-refractivity contribution in [3.05, 3.63) is 56.2 Å². The van der Waals surface area contributed by atoms with Crippen LogP contribution in [0.3, 0.4) is 0 Å². The molecular formula is C19H25N5S3+2. The van der Waals surface area contributed by atoms with Gasteiger partial charge in [0, 0.05) is 11.3 Å². The molecule has 1 aromatic carbocycles. The third-order valence-corrected chi connectivity index (χ3v) is 6.94. The maximum absolute atomic E-state index is 5.54. The molecule has 0 bridgehead atoms. The molecule has 0 amide bonds. The Bertz CT molecular complexity index is 906. The summed E-state index contributed by atoms with van der Waals surface area (Å²) in [5, 5.41) is 13.4. The van der Waals surface area contributed by atoms with Crippen molar-refractivity contribution < 1.29 is 9.80 Å². The van der Waals surface area contributed by atoms with Crippen molar-refractivity contribution >= 4 is 45.7 Å². The topological polar surface area (TPSA) is 38.7 Å². The smallest absolute Gasteiger partial charge is 0.209 e. The first-order chi connectivity index (χ1) is 13.2. The van der Waals surface area contributed by atoms with Gasteiger partial charge in [-0.15, -0.1) is 5.10 Å². The monoisotopic (exact) mass is 419 g/mol. The minimum atomic E-state index is 0.838. The highest BCUT2D eigenvalue weighted by molar-refractivity contribution is 7.73. The number of rotatable bonds is 6. The van der Waals surface area contributed by atoms with Gasteiger partial charge in [-0.1, -0.05) is 29.0 Å². The van der Waals surface area contributed by atoms with E-state index in [4.69, 9.17) is 17.3 Å². The third-order valence-electron chi connectivity index (χ3n) is 4.98. The van der Waals surface area contributed by atoms with Crippen molar-refractivity contribution in [2.75, 3.05) is 31.5 Å². The van der Waals surface area contributed by atoms with Gasteiger partial charge >= 0.3 is 0 Å². The summed E-state index contributed by atoms with van der Waals surface area (Å²) in [6.45, 7) is 8.84. The number of anilines is 2. The Balaban J connectivity index is 1.31. The van der Waals surface area contributed by atoms with E-state index < -0.39 is 0 Å². The molecule has 3 N–H and O–H groups in total. The largest absolute Gasteiger partial charge is 0.330 e. The number of aromatic nitrogens is 2. The van der Waals surface area contributed by atoms with Crippen LogP contribution in [-0.4, -0.2) is 36.0 Å². The molecule has 0 radical (unpaired) electrons. The lowest BCUT2D eigenvalue weighted by Crippen LogP contribution is -3.27. The summed E-state index contributed by atoms with van der Waals surface area (Å²) in [7, 11) is 0. The van der Waals surface area contributed by atoms with Gasteiger partial charge in [0.2, 0.25) is 5.13 Å². The predicted octanol–water partition coefficient (Wildman–Crippen LogP) is 1.73. The molecule has 4 rings (SSSR count). The van der Waals surface area contributed by atoms with Crippen molar-refractivity contribution in [1.82, 2.24) is 9.78 Å². The number of hydrogen-bond acceptors (Lipinski definition) is 5. The second-order valence-corrected chi connectivity index (χ2v) is 9.53. The number of aryl methyl sites for hydroxylation is 1. The Kier molecular flexibility index (Phi) is 5.99. The molecule has 1 fully saturated rings. The fourth-order valence-electron chi connectivity index (χ4n) is 3.40. The molecule has 0 atom stereocenters. The van der Waals surface area contributed by atoms with Crippen molar-refractivity contribution in [2.24, 2.45) is 0 Å². The Hall–Kier alpha value is -1.58. The molecule has 0 saturated carbocycles. The van der Waals surface area contributed by atoms with Crippen LogP contribution in [-0.2, 0) is 13.2 Å². The summed E-state index contributed by atoms with van der Waals surface area (Å²) in [6.07, 6.45) is 0. The Morgan fingerprint density at radius 3 is 2.56 bits per heavy atom. The van der Waals surface area contributed by atoms with E-state index in [-0.39, 0.29) is 0 Å². The molecule has 3 heterocycles. The lowest BCUT2D eigenvalue weighted by atomic mass is 10.2. The van der Waals surface area contributed by atoms with Crippen LogP contribution in [0.2, 0.25) is 0 Å². The number of benzene rings is 1. The summed E-state index contributed by atoms with van der Waals surface area (Å²) < 4.78 is 2.82. The van der Waals surface area contributed by atoms with Gasteiger partial charge < -0.3 is 15.1 Å². The summed E-state index contributed by atoms with van der Waals surface area (Å²) in [4.78, 5) is 3.24. The number of nitrogens with one attached hydrogen (secondary N) is 3. The van der Waals surface area contributed by atoms with Crippen LogP contribution in [0, 0.1) is 10.9 Å². The van der Waals surface area contributed by atoms with Crippen molar-refractivity contribution in [1.29, 1.82) is 0 Å². The highest BCUT2D eigenvalue weighted by Gasteiger charge is 2.24. The number of hydrogen-bond donors (Lipinski definition) is 3. The summed E-state index contributed by atoms with van der Waals surface area (Å²) >= 11 is 8.87. The Morgan fingerprint density at radius 2 is 1.85 bits per heavy atom. The quantitative estimate of drug-likeness (QED) is 0.533. The standard InChI is InChI=1S/C19H23N5S3/c1-15-2-4-17(5-3-15)20-18-21-24(19(25)27-18)14-23-9-7-22(8-10-23)12-16-6-11-26-13-16/h2-6,11,13H,7-10,12,14H2,1H3,(H,20,21)/p+2. The third kappa shape index (κ3) is 5.03. The average Bonchev–Trinajstić information content (AvgIpc) is 3.29. The maximum atomic E-state index is 5.54. The molecule has 0 spiro atoms. The van der Waals surface area contributed by atoms with Crippen LogP contribution in [0.4, 0.5) is 10.8 Å². The lowest BCUT2D eigenvalue weighted by Gasteiger charge is -2.29. The van der Waals surface area contributed by atoms with Gasteiger partial charge in [0.25, 0.3) is 0 Å². The molecule has 1 saturated heterocycles. The molecule has 27 heavy (non-hydrogen) atoms. The average molecular weight is 420 g/mol. The molecule has 3 aromatic rings. The molecule has 5 nitrogen and oxygen atoms in total. The van der Waals surface area contributed by atoms with E-state index >= 15 is 0 Å². The number of quaternary nitrogens is 2. The van der Waals surface area contributed by atoms with Gasteiger partial charge in [-0.2, -0.15) is 16.0 Å². The first-order valence-corrected chi connectivity index (χ1v) is 11.4. The van der Waals surface area contributed by atoms with E-state index in [1.807, 2.05) is 4.68 Å². The fraction of sp³-hybridized carbons (Fsp3) is 0.368. The summed E-state index contributed by atoms with van der Waals surface area (Å²) in [6, 6.07) is 10.6. The van der Waals surface area contributed by atoms with Gasteiger partial charge in [0.05, 0.1) is 0 Å². The van der Waals surface area contributed by atoms with Crippen LogP contribution < -0.4 is 15.1 Å². The Labute approximate surface area is 172 Å². The first kappa shape index (κ1) is 18.8. The first-order valence-electron chi connectivity index (χ1n) is 9.25. The van der Waals surface area contributed by atoms with Crippen LogP contribution in [0.5, 0.6) is 0 Å². The predicted molar refractivity (Wildman–Crippen MR) is 115 cm³/mol. The summed E-state index contributed by atoms with van der Waals surface area (Å²) in [5.41, 5.74) is 3.77. The van der Waals surface area contributed by atoms with Crippen molar-refractivity contribution in [3.8, 4) is 0 Å². The molecule has 8 heteroatoms. The van der Waals surface area contributed by atoms with Gasteiger partial charge in [-0.3, -0.25) is 0 Å². The second kappa shape index (κ2) is 8.62. The minimum Gasteiger partial charge on any atom is -0.330 e. The van der Waals surface area contributed by atoms with E-state index in [0.717, 1.165) is 28.0 Å². The van der Waals surface area contributed by atoms with Gasteiger partial charge in [0.1, 0.15) is 32.7 Å².